The molecule has 10 heteroatoms. The van der Waals surface area contributed by atoms with Crippen molar-refractivity contribution in [3.05, 3.63) is 58.1 Å². The highest BCUT2D eigenvalue weighted by Gasteiger charge is 2.43. The van der Waals surface area contributed by atoms with E-state index in [2.05, 4.69) is 5.32 Å². The van der Waals surface area contributed by atoms with Gasteiger partial charge in [0.05, 0.1) is 23.0 Å². The summed E-state index contributed by atoms with van der Waals surface area (Å²) in [4.78, 5) is 40.6. The van der Waals surface area contributed by atoms with Crippen LogP contribution in [0.15, 0.2) is 42.5 Å². The third-order valence-corrected chi connectivity index (χ3v) is 6.10. The Morgan fingerprint density at radius 3 is 2.40 bits per heavy atom. The smallest absolute Gasteiger partial charge is 0.328 e. The summed E-state index contributed by atoms with van der Waals surface area (Å²) in [6, 6.07) is 11.6. The van der Waals surface area contributed by atoms with Gasteiger partial charge in [-0.05, 0) is 63.6 Å². The van der Waals surface area contributed by atoms with Gasteiger partial charge in [-0.2, -0.15) is 0 Å². The van der Waals surface area contributed by atoms with Crippen molar-refractivity contribution in [3.8, 4) is 5.75 Å². The number of nitrogens with one attached hydrogen (secondary N) is 1. The molecule has 1 saturated heterocycles. The molecule has 1 fully saturated rings. The number of imide groups is 1. The molecule has 3 amide bonds. The molecular formula is C25H29Cl2N3O5. The molecule has 0 bridgehead atoms. The van der Waals surface area contributed by atoms with Gasteiger partial charge >= 0.3 is 12.0 Å². The number of benzene rings is 2. The van der Waals surface area contributed by atoms with Gasteiger partial charge in [-0.25, -0.2) is 4.79 Å². The van der Waals surface area contributed by atoms with Crippen LogP contribution < -0.4 is 10.1 Å². The molecule has 0 saturated carbocycles. The lowest BCUT2D eigenvalue weighted by atomic mass is 9.92. The predicted molar refractivity (Wildman–Crippen MR) is 135 cm³/mol. The van der Waals surface area contributed by atoms with Gasteiger partial charge in [0.25, 0.3) is 0 Å². The van der Waals surface area contributed by atoms with E-state index in [0.717, 1.165) is 10.5 Å². The van der Waals surface area contributed by atoms with Gasteiger partial charge < -0.3 is 15.2 Å². The van der Waals surface area contributed by atoms with E-state index in [9.17, 15) is 19.5 Å². The van der Waals surface area contributed by atoms with Crippen LogP contribution in [0.5, 0.6) is 5.75 Å². The molecule has 1 heterocycles. The van der Waals surface area contributed by atoms with E-state index in [4.69, 9.17) is 27.9 Å². The standard InChI is InChI=1S/C25H29Cl2N3O5/c1-15(2)35-20-10-9-18(11-19(20)27)28-21-12-22(31)30(14-25(3,4)23(32)33)24(34)29(21)13-16-5-7-17(26)8-6-16/h5-11,15,21,28H,12-14H2,1-4H3,(H,32,33). The first-order valence-electron chi connectivity index (χ1n) is 11.2. The molecule has 1 aliphatic rings. The number of rotatable bonds is 9. The van der Waals surface area contributed by atoms with E-state index in [0.29, 0.717) is 21.5 Å². The highest BCUT2D eigenvalue weighted by atomic mass is 35.5. The Morgan fingerprint density at radius 1 is 1.17 bits per heavy atom. The average Bonchev–Trinajstić information content (AvgIpc) is 2.77. The molecule has 0 aromatic heterocycles. The summed E-state index contributed by atoms with van der Waals surface area (Å²) in [5, 5.41) is 13.7. The van der Waals surface area contributed by atoms with Crippen molar-refractivity contribution in [3.63, 3.8) is 0 Å². The maximum atomic E-state index is 13.5. The maximum absolute atomic E-state index is 13.5. The van der Waals surface area contributed by atoms with E-state index < -0.39 is 29.5 Å². The highest BCUT2D eigenvalue weighted by Crippen LogP contribution is 2.31. The number of hydrogen-bond acceptors (Lipinski definition) is 5. The minimum absolute atomic E-state index is 0.0447. The Balaban J connectivity index is 1.89. The Morgan fingerprint density at radius 2 is 1.83 bits per heavy atom. The van der Waals surface area contributed by atoms with Gasteiger partial charge in [0.1, 0.15) is 11.9 Å². The number of urea groups is 1. The van der Waals surface area contributed by atoms with Crippen LogP contribution in [0.25, 0.3) is 0 Å². The number of nitrogens with zero attached hydrogens (tertiary/aromatic N) is 2. The Kier molecular flexibility index (Phi) is 8.18. The first kappa shape index (κ1) is 26.6. The van der Waals surface area contributed by atoms with Crippen LogP contribution in [-0.4, -0.2) is 51.6 Å². The number of ether oxygens (including phenoxy) is 1. The van der Waals surface area contributed by atoms with E-state index in [1.54, 1.807) is 42.5 Å². The summed E-state index contributed by atoms with van der Waals surface area (Å²) in [5.74, 6) is -1.02. The van der Waals surface area contributed by atoms with Crippen molar-refractivity contribution >= 4 is 46.8 Å². The lowest BCUT2D eigenvalue weighted by Crippen LogP contribution is -2.60. The quantitative estimate of drug-likeness (QED) is 0.452. The molecule has 0 spiro atoms. The van der Waals surface area contributed by atoms with Gasteiger partial charge in [0, 0.05) is 23.8 Å². The zero-order valence-electron chi connectivity index (χ0n) is 20.0. The fraction of sp³-hybridized carbons (Fsp3) is 0.400. The van der Waals surface area contributed by atoms with Crippen molar-refractivity contribution in [2.75, 3.05) is 11.9 Å². The Labute approximate surface area is 214 Å². The van der Waals surface area contributed by atoms with Gasteiger partial charge in [-0.1, -0.05) is 35.3 Å². The number of halogens is 2. The zero-order valence-corrected chi connectivity index (χ0v) is 21.6. The monoisotopic (exact) mass is 521 g/mol. The molecule has 0 radical (unpaired) electrons. The van der Waals surface area contributed by atoms with Crippen molar-refractivity contribution in [2.45, 2.75) is 52.9 Å². The summed E-state index contributed by atoms with van der Waals surface area (Å²) in [6.45, 7) is 6.70. The number of hydrogen-bond donors (Lipinski definition) is 2. The van der Waals surface area contributed by atoms with E-state index in [1.807, 2.05) is 13.8 Å². The van der Waals surface area contributed by atoms with Gasteiger partial charge in [-0.3, -0.25) is 19.4 Å². The van der Waals surface area contributed by atoms with Crippen molar-refractivity contribution in [1.82, 2.24) is 9.80 Å². The average molecular weight is 522 g/mol. The van der Waals surface area contributed by atoms with Gasteiger partial charge in [0.2, 0.25) is 5.91 Å². The molecule has 1 unspecified atom stereocenters. The SMILES string of the molecule is CC(C)Oc1ccc(NC2CC(=O)N(CC(C)(C)C(=O)O)C(=O)N2Cc2ccc(Cl)cc2)cc1Cl. The second-order valence-corrected chi connectivity index (χ2v) is 10.2. The number of anilines is 1. The lowest BCUT2D eigenvalue weighted by molar-refractivity contribution is -0.149. The molecule has 188 valence electrons. The molecule has 2 aromatic carbocycles. The lowest BCUT2D eigenvalue weighted by Gasteiger charge is -2.42. The second-order valence-electron chi connectivity index (χ2n) is 9.38. The Hall–Kier alpha value is -2.97. The van der Waals surface area contributed by atoms with Crippen LogP contribution in [0, 0.1) is 5.41 Å². The summed E-state index contributed by atoms with van der Waals surface area (Å²) < 4.78 is 5.67. The first-order chi connectivity index (χ1) is 16.4. The molecule has 2 N–H and O–H groups in total. The molecule has 2 aromatic rings. The van der Waals surface area contributed by atoms with Crippen LogP contribution in [-0.2, 0) is 16.1 Å². The number of amides is 3. The summed E-state index contributed by atoms with van der Waals surface area (Å²) >= 11 is 12.4. The molecule has 0 aliphatic carbocycles. The van der Waals surface area contributed by atoms with Crippen molar-refractivity contribution < 1.29 is 24.2 Å². The minimum atomic E-state index is -1.29. The zero-order chi connectivity index (χ0) is 25.9. The normalized spacial score (nSPS) is 16.6. The van der Waals surface area contributed by atoms with Gasteiger partial charge in [0.15, 0.2) is 0 Å². The van der Waals surface area contributed by atoms with Gasteiger partial charge in [-0.15, -0.1) is 0 Å². The molecule has 1 aliphatic heterocycles. The topological polar surface area (TPSA) is 99.2 Å². The maximum Gasteiger partial charge on any atom is 0.328 e. The predicted octanol–water partition coefficient (Wildman–Crippen LogP) is 5.48. The van der Waals surface area contributed by atoms with Crippen molar-refractivity contribution in [1.29, 1.82) is 0 Å². The van der Waals surface area contributed by atoms with Crippen LogP contribution in [0.4, 0.5) is 10.5 Å². The molecule has 35 heavy (non-hydrogen) atoms. The molecule has 3 rings (SSSR count). The van der Waals surface area contributed by atoms with E-state index >= 15 is 0 Å². The fourth-order valence-electron chi connectivity index (χ4n) is 3.63. The van der Waals surface area contributed by atoms with Crippen LogP contribution >= 0.6 is 23.2 Å². The largest absolute Gasteiger partial charge is 0.489 e. The summed E-state index contributed by atoms with van der Waals surface area (Å²) in [6.07, 6.45) is -0.768. The molecule has 1 atom stereocenters. The second kappa shape index (κ2) is 10.7. The van der Waals surface area contributed by atoms with Crippen LogP contribution in [0.1, 0.15) is 39.7 Å². The third-order valence-electron chi connectivity index (χ3n) is 5.55. The number of carbonyl (C=O) groups is 3. The highest BCUT2D eigenvalue weighted by molar-refractivity contribution is 6.32. The van der Waals surface area contributed by atoms with E-state index in [-0.39, 0.29) is 25.6 Å². The fourth-order valence-corrected chi connectivity index (χ4v) is 3.98. The van der Waals surface area contributed by atoms with E-state index in [1.165, 1.54) is 18.7 Å². The van der Waals surface area contributed by atoms with Crippen LogP contribution in [0.2, 0.25) is 10.0 Å². The first-order valence-corrected chi connectivity index (χ1v) is 11.9. The van der Waals surface area contributed by atoms with Crippen LogP contribution in [0.3, 0.4) is 0 Å². The number of carboxylic acids is 1. The summed E-state index contributed by atoms with van der Waals surface area (Å²) in [7, 11) is 0. The number of carboxylic acid groups (broad SMARTS) is 1. The molecule has 8 nitrogen and oxygen atoms in total. The van der Waals surface area contributed by atoms with Crippen molar-refractivity contribution in [2.24, 2.45) is 5.41 Å². The number of carbonyl (C=O) groups excluding carboxylic acids is 2. The summed E-state index contributed by atoms with van der Waals surface area (Å²) in [5.41, 5.74) is 0.120. The number of aliphatic carboxylic acids is 1. The molecular weight excluding hydrogens is 493 g/mol. The third kappa shape index (κ3) is 6.58. The Bertz CT molecular complexity index is 1100. The minimum Gasteiger partial charge on any atom is -0.489 e.